The van der Waals surface area contributed by atoms with Crippen molar-refractivity contribution in [1.29, 1.82) is 0 Å². The monoisotopic (exact) mass is 233 g/mol. The second kappa shape index (κ2) is 4.17. The van der Waals surface area contributed by atoms with Gasteiger partial charge in [-0.05, 0) is 37.7 Å². The van der Waals surface area contributed by atoms with Gasteiger partial charge in [0.25, 0.3) is 5.91 Å². The predicted molar refractivity (Wildman–Crippen MR) is 64.8 cm³/mol. The molecule has 1 amide bonds. The van der Waals surface area contributed by atoms with Crippen molar-refractivity contribution in [3.05, 3.63) is 17.5 Å². The number of aryl methyl sites for hydroxylation is 2. The van der Waals surface area contributed by atoms with E-state index in [9.17, 15) is 4.79 Å². The Morgan fingerprint density at radius 1 is 1.41 bits per heavy atom. The van der Waals surface area contributed by atoms with Crippen LogP contribution in [0.5, 0.6) is 0 Å². The van der Waals surface area contributed by atoms with Crippen molar-refractivity contribution < 1.29 is 4.79 Å². The van der Waals surface area contributed by atoms with E-state index >= 15 is 0 Å². The summed E-state index contributed by atoms with van der Waals surface area (Å²) in [5.41, 5.74) is 1.88. The molecular weight excluding hydrogens is 214 g/mol. The van der Waals surface area contributed by atoms with Gasteiger partial charge in [-0.1, -0.05) is 6.92 Å². The van der Waals surface area contributed by atoms with Crippen LogP contribution in [0, 0.1) is 5.92 Å². The Morgan fingerprint density at radius 2 is 2.29 bits per heavy atom. The molecule has 3 heterocycles. The fraction of sp³-hybridized carbons (Fsp3) is 0.692. The summed E-state index contributed by atoms with van der Waals surface area (Å²) >= 11 is 0. The minimum absolute atomic E-state index is 0.122. The SMILES string of the molecule is CC1CCN(C(=O)c2cc3n(n2)CCCC3)C1. The molecule has 1 atom stereocenters. The van der Waals surface area contributed by atoms with Crippen molar-refractivity contribution in [3.8, 4) is 0 Å². The Hall–Kier alpha value is -1.32. The molecule has 3 rings (SSSR count). The third-order valence-electron chi connectivity index (χ3n) is 3.85. The van der Waals surface area contributed by atoms with Crippen LogP contribution in [0.4, 0.5) is 0 Å². The van der Waals surface area contributed by atoms with Crippen molar-refractivity contribution in [3.63, 3.8) is 0 Å². The molecule has 17 heavy (non-hydrogen) atoms. The summed E-state index contributed by atoms with van der Waals surface area (Å²) in [7, 11) is 0. The van der Waals surface area contributed by atoms with E-state index in [2.05, 4.69) is 12.0 Å². The van der Waals surface area contributed by atoms with E-state index in [1.807, 2.05) is 15.6 Å². The molecule has 1 unspecified atom stereocenters. The predicted octanol–water partition coefficient (Wildman–Crippen LogP) is 1.70. The number of hydrogen-bond donors (Lipinski definition) is 0. The highest BCUT2D eigenvalue weighted by Gasteiger charge is 2.26. The average molecular weight is 233 g/mol. The summed E-state index contributed by atoms with van der Waals surface area (Å²) in [6.07, 6.45) is 4.60. The minimum Gasteiger partial charge on any atom is -0.337 e. The zero-order valence-corrected chi connectivity index (χ0v) is 10.4. The highest BCUT2D eigenvalue weighted by molar-refractivity contribution is 5.92. The van der Waals surface area contributed by atoms with Crippen LogP contribution >= 0.6 is 0 Å². The molecule has 2 aliphatic heterocycles. The second-order valence-corrected chi connectivity index (χ2v) is 5.35. The third kappa shape index (κ3) is 1.96. The van der Waals surface area contributed by atoms with Crippen LogP contribution in [0.1, 0.15) is 42.4 Å². The standard InChI is InChI=1S/C13H19N3O/c1-10-5-7-15(9-10)13(17)12-8-11-4-2-3-6-16(11)14-12/h8,10H,2-7,9H2,1H3. The van der Waals surface area contributed by atoms with E-state index in [-0.39, 0.29) is 5.91 Å². The van der Waals surface area contributed by atoms with Crippen molar-refractivity contribution in [2.45, 2.75) is 39.2 Å². The van der Waals surface area contributed by atoms with Crippen LogP contribution in [0.3, 0.4) is 0 Å². The highest BCUT2D eigenvalue weighted by atomic mass is 16.2. The van der Waals surface area contributed by atoms with E-state index in [0.29, 0.717) is 11.6 Å². The van der Waals surface area contributed by atoms with Gasteiger partial charge in [0.1, 0.15) is 0 Å². The topological polar surface area (TPSA) is 38.1 Å². The van der Waals surface area contributed by atoms with Gasteiger partial charge in [-0.3, -0.25) is 9.48 Å². The molecule has 1 aromatic rings. The number of nitrogens with zero attached hydrogens (tertiary/aromatic N) is 3. The fourth-order valence-corrected chi connectivity index (χ4v) is 2.80. The van der Waals surface area contributed by atoms with Crippen molar-refractivity contribution in [2.75, 3.05) is 13.1 Å². The highest BCUT2D eigenvalue weighted by Crippen LogP contribution is 2.20. The number of hydrogen-bond acceptors (Lipinski definition) is 2. The molecule has 0 radical (unpaired) electrons. The largest absolute Gasteiger partial charge is 0.337 e. The summed E-state index contributed by atoms with van der Waals surface area (Å²) in [4.78, 5) is 14.2. The van der Waals surface area contributed by atoms with Crippen LogP contribution in [0.25, 0.3) is 0 Å². The first-order chi connectivity index (χ1) is 8.24. The lowest BCUT2D eigenvalue weighted by Gasteiger charge is -2.13. The number of carbonyl (C=O) groups excluding carboxylic acids is 1. The van der Waals surface area contributed by atoms with Crippen LogP contribution in [0.2, 0.25) is 0 Å². The molecule has 92 valence electrons. The lowest BCUT2D eigenvalue weighted by Crippen LogP contribution is -2.28. The van der Waals surface area contributed by atoms with E-state index in [0.717, 1.165) is 32.5 Å². The lowest BCUT2D eigenvalue weighted by molar-refractivity contribution is 0.0781. The van der Waals surface area contributed by atoms with Crippen molar-refractivity contribution in [2.24, 2.45) is 5.92 Å². The van der Waals surface area contributed by atoms with E-state index in [4.69, 9.17) is 0 Å². The summed E-state index contributed by atoms with van der Waals surface area (Å²) in [6.45, 7) is 4.95. The summed E-state index contributed by atoms with van der Waals surface area (Å²) in [5, 5.41) is 4.45. The Labute approximate surface area is 102 Å². The molecule has 0 aromatic carbocycles. The van der Waals surface area contributed by atoms with Crippen LogP contribution in [0.15, 0.2) is 6.07 Å². The molecule has 0 saturated carbocycles. The quantitative estimate of drug-likeness (QED) is 0.740. The first-order valence-electron chi connectivity index (χ1n) is 6.60. The molecule has 0 aliphatic carbocycles. The molecule has 0 N–H and O–H groups in total. The maximum Gasteiger partial charge on any atom is 0.274 e. The average Bonchev–Trinajstić information content (AvgIpc) is 2.93. The van der Waals surface area contributed by atoms with Crippen LogP contribution < -0.4 is 0 Å². The second-order valence-electron chi connectivity index (χ2n) is 5.35. The number of amides is 1. The molecule has 4 heteroatoms. The molecule has 0 spiro atoms. The molecule has 1 saturated heterocycles. The maximum absolute atomic E-state index is 12.3. The van der Waals surface area contributed by atoms with Gasteiger partial charge >= 0.3 is 0 Å². The van der Waals surface area contributed by atoms with Crippen LogP contribution in [-0.2, 0) is 13.0 Å². The number of likely N-dealkylation sites (tertiary alicyclic amines) is 1. The minimum atomic E-state index is 0.122. The van der Waals surface area contributed by atoms with Gasteiger partial charge in [-0.15, -0.1) is 0 Å². The summed E-state index contributed by atoms with van der Waals surface area (Å²) in [6, 6.07) is 1.99. The Morgan fingerprint density at radius 3 is 3.00 bits per heavy atom. The zero-order valence-electron chi connectivity index (χ0n) is 10.4. The summed E-state index contributed by atoms with van der Waals surface area (Å²) in [5.74, 6) is 0.757. The lowest BCUT2D eigenvalue weighted by atomic mass is 10.1. The van der Waals surface area contributed by atoms with Gasteiger partial charge < -0.3 is 4.90 Å². The van der Waals surface area contributed by atoms with Gasteiger partial charge in [0.15, 0.2) is 5.69 Å². The molecule has 0 bridgehead atoms. The maximum atomic E-state index is 12.3. The Kier molecular flexibility index (Phi) is 2.65. The van der Waals surface area contributed by atoms with Crippen molar-refractivity contribution in [1.82, 2.24) is 14.7 Å². The first kappa shape index (κ1) is 10.8. The van der Waals surface area contributed by atoms with Gasteiger partial charge in [0.2, 0.25) is 0 Å². The van der Waals surface area contributed by atoms with E-state index < -0.39 is 0 Å². The van der Waals surface area contributed by atoms with Crippen LogP contribution in [-0.4, -0.2) is 33.7 Å². The zero-order chi connectivity index (χ0) is 11.8. The first-order valence-corrected chi connectivity index (χ1v) is 6.60. The molecule has 4 nitrogen and oxygen atoms in total. The molecule has 2 aliphatic rings. The Balaban J connectivity index is 1.79. The van der Waals surface area contributed by atoms with Gasteiger partial charge in [0.05, 0.1) is 0 Å². The van der Waals surface area contributed by atoms with E-state index in [1.54, 1.807) is 0 Å². The third-order valence-corrected chi connectivity index (χ3v) is 3.85. The van der Waals surface area contributed by atoms with E-state index in [1.165, 1.54) is 18.5 Å². The fourth-order valence-electron chi connectivity index (χ4n) is 2.80. The normalized spacial score (nSPS) is 23.8. The number of rotatable bonds is 1. The molecule has 1 fully saturated rings. The number of carbonyl (C=O) groups is 1. The number of fused-ring (bicyclic) bond motifs is 1. The smallest absolute Gasteiger partial charge is 0.274 e. The van der Waals surface area contributed by atoms with Gasteiger partial charge in [-0.25, -0.2) is 0 Å². The van der Waals surface area contributed by atoms with Gasteiger partial charge in [0, 0.05) is 25.3 Å². The van der Waals surface area contributed by atoms with Crippen molar-refractivity contribution >= 4 is 5.91 Å². The van der Waals surface area contributed by atoms with Gasteiger partial charge in [-0.2, -0.15) is 5.10 Å². The Bertz CT molecular complexity index is 414. The molecule has 1 aromatic heterocycles. The summed E-state index contributed by atoms with van der Waals surface area (Å²) < 4.78 is 2.01. The number of aromatic nitrogens is 2. The molecular formula is C13H19N3O.